The minimum atomic E-state index is -3.57. The van der Waals surface area contributed by atoms with E-state index >= 15 is 0 Å². The van der Waals surface area contributed by atoms with Gasteiger partial charge in [0.2, 0.25) is 10.0 Å². The minimum Gasteiger partial charge on any atom is -0.389 e. The van der Waals surface area contributed by atoms with Gasteiger partial charge in [0, 0.05) is 15.3 Å². The van der Waals surface area contributed by atoms with Gasteiger partial charge in [0.25, 0.3) is 0 Å². The van der Waals surface area contributed by atoms with Crippen molar-refractivity contribution in [3.8, 4) is 0 Å². The Bertz CT molecular complexity index is 749. The van der Waals surface area contributed by atoms with Crippen molar-refractivity contribution in [3.05, 3.63) is 51.7 Å². The summed E-state index contributed by atoms with van der Waals surface area (Å²) < 4.78 is 27.3. The van der Waals surface area contributed by atoms with E-state index in [1.54, 1.807) is 23.5 Å². The lowest BCUT2D eigenvalue weighted by Crippen LogP contribution is -2.26. The Kier molecular flexibility index (Phi) is 4.77. The maximum Gasteiger partial charge on any atom is 0.241 e. The molecule has 0 saturated heterocycles. The zero-order chi connectivity index (χ0) is 15.6. The number of thiocarbonyl (C=S) groups is 1. The molecule has 0 spiro atoms. The van der Waals surface area contributed by atoms with Crippen molar-refractivity contribution < 1.29 is 8.42 Å². The van der Waals surface area contributed by atoms with Crippen LogP contribution in [0.4, 0.5) is 0 Å². The molecule has 1 aromatic carbocycles. The molecule has 2 aromatic rings. The third-order valence-corrected chi connectivity index (χ3v) is 5.94. The van der Waals surface area contributed by atoms with E-state index in [-0.39, 0.29) is 15.9 Å². The molecule has 0 amide bonds. The third kappa shape index (κ3) is 3.88. The lowest BCUT2D eigenvalue weighted by atomic mass is 10.2. The zero-order valence-electron chi connectivity index (χ0n) is 11.7. The quantitative estimate of drug-likeness (QED) is 0.821. The summed E-state index contributed by atoms with van der Waals surface area (Å²) in [5.74, 6) is 0. The van der Waals surface area contributed by atoms with Crippen molar-refractivity contribution in [1.82, 2.24) is 4.72 Å². The van der Waals surface area contributed by atoms with Crippen LogP contribution < -0.4 is 10.5 Å². The van der Waals surface area contributed by atoms with Gasteiger partial charge < -0.3 is 5.73 Å². The largest absolute Gasteiger partial charge is 0.389 e. The van der Waals surface area contributed by atoms with Crippen molar-refractivity contribution in [3.63, 3.8) is 0 Å². The van der Waals surface area contributed by atoms with Crippen LogP contribution >= 0.6 is 23.6 Å². The van der Waals surface area contributed by atoms with Crippen LogP contribution in [0.15, 0.2) is 41.3 Å². The number of hydrogen-bond acceptors (Lipinski definition) is 4. The van der Waals surface area contributed by atoms with Crippen molar-refractivity contribution in [2.75, 3.05) is 0 Å². The Morgan fingerprint density at radius 2 is 1.86 bits per heavy atom. The van der Waals surface area contributed by atoms with Crippen molar-refractivity contribution in [2.45, 2.75) is 24.8 Å². The summed E-state index contributed by atoms with van der Waals surface area (Å²) in [6, 6.07) is 9.86. The number of nitrogens with one attached hydrogen (secondary N) is 1. The molecule has 0 aliphatic carbocycles. The van der Waals surface area contributed by atoms with Crippen LogP contribution in [0.25, 0.3) is 0 Å². The van der Waals surface area contributed by atoms with Crippen LogP contribution in [-0.4, -0.2) is 13.4 Å². The second kappa shape index (κ2) is 6.23. The van der Waals surface area contributed by atoms with Gasteiger partial charge in [-0.05, 0) is 38.1 Å². The molecule has 3 N–H and O–H groups in total. The van der Waals surface area contributed by atoms with Gasteiger partial charge in [0.15, 0.2) is 0 Å². The van der Waals surface area contributed by atoms with E-state index in [1.165, 1.54) is 12.1 Å². The minimum absolute atomic E-state index is 0.197. The first-order valence-electron chi connectivity index (χ1n) is 6.28. The van der Waals surface area contributed by atoms with Gasteiger partial charge in [-0.3, -0.25) is 0 Å². The predicted octanol–water partition coefficient (Wildman–Crippen LogP) is 2.73. The van der Waals surface area contributed by atoms with E-state index in [1.807, 2.05) is 26.0 Å². The average Bonchev–Trinajstić information content (AvgIpc) is 2.85. The molecule has 1 unspecified atom stereocenters. The molecule has 2 rings (SSSR count). The predicted molar refractivity (Wildman–Crippen MR) is 90.1 cm³/mol. The molecule has 0 aliphatic heterocycles. The molecule has 112 valence electrons. The highest BCUT2D eigenvalue weighted by Crippen LogP contribution is 2.24. The average molecular weight is 340 g/mol. The van der Waals surface area contributed by atoms with E-state index < -0.39 is 10.0 Å². The molecule has 1 heterocycles. The molecule has 0 radical (unpaired) electrons. The van der Waals surface area contributed by atoms with Crippen molar-refractivity contribution >= 4 is 38.6 Å². The fraction of sp³-hybridized carbons (Fsp3) is 0.214. The second-order valence-electron chi connectivity index (χ2n) is 4.68. The highest BCUT2D eigenvalue weighted by atomic mass is 32.2. The number of hydrogen-bond donors (Lipinski definition) is 2. The number of rotatable bonds is 5. The van der Waals surface area contributed by atoms with Crippen molar-refractivity contribution in [2.24, 2.45) is 5.73 Å². The molecule has 1 atom stereocenters. The topological polar surface area (TPSA) is 72.2 Å². The normalized spacial score (nSPS) is 13.0. The van der Waals surface area contributed by atoms with Gasteiger partial charge >= 0.3 is 0 Å². The lowest BCUT2D eigenvalue weighted by Gasteiger charge is -2.13. The Balaban J connectivity index is 2.19. The van der Waals surface area contributed by atoms with Crippen LogP contribution in [0, 0.1) is 6.92 Å². The van der Waals surface area contributed by atoms with Gasteiger partial charge in [0.1, 0.15) is 4.99 Å². The maximum atomic E-state index is 12.3. The molecule has 4 nitrogen and oxygen atoms in total. The van der Waals surface area contributed by atoms with Crippen LogP contribution in [0.1, 0.15) is 28.3 Å². The SMILES string of the molecule is Cc1ccc(C(C)NS(=O)(=O)c2ccc(C(N)=S)cc2)s1. The molecular formula is C14H16N2O2S3. The summed E-state index contributed by atoms with van der Waals surface area (Å²) in [5.41, 5.74) is 6.14. The van der Waals surface area contributed by atoms with E-state index in [4.69, 9.17) is 18.0 Å². The van der Waals surface area contributed by atoms with Gasteiger partial charge in [0.05, 0.1) is 10.9 Å². The number of sulfonamides is 1. The number of nitrogens with two attached hydrogens (primary N) is 1. The van der Waals surface area contributed by atoms with Crippen LogP contribution in [0.2, 0.25) is 0 Å². The third-order valence-electron chi connectivity index (χ3n) is 2.97. The number of thiophene rings is 1. The fourth-order valence-electron chi connectivity index (χ4n) is 1.84. The highest BCUT2D eigenvalue weighted by Gasteiger charge is 2.19. The fourth-order valence-corrected chi connectivity index (χ4v) is 4.16. The monoisotopic (exact) mass is 340 g/mol. The van der Waals surface area contributed by atoms with Gasteiger partial charge in [-0.15, -0.1) is 11.3 Å². The molecule has 0 saturated carbocycles. The summed E-state index contributed by atoms with van der Waals surface area (Å²) in [4.78, 5) is 2.57. The molecule has 0 bridgehead atoms. The number of aryl methyl sites for hydroxylation is 1. The number of benzene rings is 1. The van der Waals surface area contributed by atoms with Gasteiger partial charge in [-0.1, -0.05) is 24.4 Å². The molecule has 7 heteroatoms. The summed E-state index contributed by atoms with van der Waals surface area (Å²) in [6.07, 6.45) is 0. The molecule has 21 heavy (non-hydrogen) atoms. The van der Waals surface area contributed by atoms with E-state index in [0.29, 0.717) is 5.56 Å². The first-order chi connectivity index (χ1) is 9.79. The highest BCUT2D eigenvalue weighted by molar-refractivity contribution is 7.89. The Hall–Kier alpha value is -1.28. The Labute approximate surface area is 134 Å². The zero-order valence-corrected chi connectivity index (χ0v) is 14.1. The van der Waals surface area contributed by atoms with Crippen molar-refractivity contribution in [1.29, 1.82) is 0 Å². The van der Waals surface area contributed by atoms with Crippen LogP contribution in [0.5, 0.6) is 0 Å². The first kappa shape index (κ1) is 16.1. The first-order valence-corrected chi connectivity index (χ1v) is 8.99. The standard InChI is InChI=1S/C14H16N2O2S3/c1-9-3-8-13(20-9)10(2)16-21(17,18)12-6-4-11(5-7-12)14(15)19/h3-8,10,16H,1-2H3,(H2,15,19). The lowest BCUT2D eigenvalue weighted by molar-refractivity contribution is 0.568. The van der Waals surface area contributed by atoms with E-state index in [2.05, 4.69) is 4.72 Å². The molecule has 0 fully saturated rings. The summed E-state index contributed by atoms with van der Waals surface area (Å²) in [5, 5.41) is 0. The van der Waals surface area contributed by atoms with Gasteiger partial charge in [-0.2, -0.15) is 0 Å². The summed E-state index contributed by atoms with van der Waals surface area (Å²) in [7, 11) is -3.57. The Morgan fingerprint density at radius 1 is 1.24 bits per heavy atom. The maximum absolute atomic E-state index is 12.3. The Morgan fingerprint density at radius 3 is 2.33 bits per heavy atom. The van der Waals surface area contributed by atoms with E-state index in [9.17, 15) is 8.42 Å². The summed E-state index contributed by atoms with van der Waals surface area (Å²) >= 11 is 6.43. The van der Waals surface area contributed by atoms with Gasteiger partial charge in [-0.25, -0.2) is 13.1 Å². The second-order valence-corrected chi connectivity index (χ2v) is 8.15. The molecule has 0 aliphatic rings. The summed E-state index contributed by atoms with van der Waals surface area (Å²) in [6.45, 7) is 3.82. The molecule has 1 aromatic heterocycles. The van der Waals surface area contributed by atoms with Crippen LogP contribution in [-0.2, 0) is 10.0 Å². The molecular weight excluding hydrogens is 324 g/mol. The van der Waals surface area contributed by atoms with E-state index in [0.717, 1.165) is 9.75 Å². The smallest absolute Gasteiger partial charge is 0.241 e. The van der Waals surface area contributed by atoms with Crippen LogP contribution in [0.3, 0.4) is 0 Å².